The highest BCUT2D eigenvalue weighted by atomic mass is 16.5. The molecule has 0 aliphatic rings. The average Bonchev–Trinajstić information content (AvgIpc) is 2.59. The molecule has 2 aromatic carbocycles. The third-order valence-corrected chi connectivity index (χ3v) is 3.33. The highest BCUT2D eigenvalue weighted by Crippen LogP contribution is 2.24. The summed E-state index contributed by atoms with van der Waals surface area (Å²) in [6, 6.07) is 12.9. The molecule has 0 unspecified atom stereocenters. The summed E-state index contributed by atoms with van der Waals surface area (Å²) in [6.45, 7) is 2.82. The Kier molecular flexibility index (Phi) is 5.86. The van der Waals surface area contributed by atoms with Crippen molar-refractivity contribution >= 4 is 5.91 Å². The van der Waals surface area contributed by atoms with Crippen LogP contribution in [0.4, 0.5) is 0 Å². The molecule has 0 radical (unpaired) electrons. The minimum absolute atomic E-state index is 0.211. The van der Waals surface area contributed by atoms with Crippen LogP contribution in [-0.4, -0.2) is 33.3 Å². The molecule has 0 saturated heterocycles. The molecule has 0 aliphatic carbocycles. The van der Waals surface area contributed by atoms with E-state index in [1.54, 1.807) is 25.3 Å². The Bertz CT molecular complexity index is 653. The number of methoxy groups -OCH3 is 2. The molecule has 1 N–H and O–H groups in total. The lowest BCUT2D eigenvalue weighted by molar-refractivity contribution is 0.0944. The van der Waals surface area contributed by atoms with Crippen molar-refractivity contribution < 1.29 is 19.0 Å². The normalized spacial score (nSPS) is 10.0. The molecule has 2 aromatic rings. The van der Waals surface area contributed by atoms with Gasteiger partial charge in [-0.25, -0.2) is 0 Å². The second-order valence-corrected chi connectivity index (χ2v) is 4.98. The van der Waals surface area contributed by atoms with Crippen LogP contribution in [-0.2, 0) is 0 Å². The van der Waals surface area contributed by atoms with Crippen LogP contribution in [0.3, 0.4) is 0 Å². The zero-order chi connectivity index (χ0) is 16.7. The van der Waals surface area contributed by atoms with Crippen LogP contribution in [0.15, 0.2) is 42.5 Å². The lowest BCUT2D eigenvalue weighted by Crippen LogP contribution is -2.28. The molecule has 0 spiro atoms. The van der Waals surface area contributed by atoms with Gasteiger partial charge in [-0.15, -0.1) is 0 Å². The van der Waals surface area contributed by atoms with Crippen LogP contribution in [0.25, 0.3) is 0 Å². The lowest BCUT2D eigenvalue weighted by atomic mass is 10.1. The van der Waals surface area contributed by atoms with Gasteiger partial charge in [0.25, 0.3) is 5.91 Å². The Hall–Kier alpha value is -2.69. The Morgan fingerprint density at radius 1 is 1.00 bits per heavy atom. The summed E-state index contributed by atoms with van der Waals surface area (Å²) in [5.74, 6) is 1.69. The Balaban J connectivity index is 1.86. The van der Waals surface area contributed by atoms with Crippen LogP contribution < -0.4 is 19.5 Å². The second kappa shape index (κ2) is 8.08. The molecule has 0 saturated carbocycles. The standard InChI is InChI=1S/C18H21NO4/c1-13-4-6-14(7-5-13)23-11-10-19-18(20)16-9-8-15(21-2)12-17(16)22-3/h4-9,12H,10-11H2,1-3H3,(H,19,20). The summed E-state index contributed by atoms with van der Waals surface area (Å²) in [5, 5.41) is 2.81. The van der Waals surface area contributed by atoms with E-state index < -0.39 is 0 Å². The molecule has 1 amide bonds. The van der Waals surface area contributed by atoms with Gasteiger partial charge in [0.2, 0.25) is 0 Å². The molecule has 2 rings (SSSR count). The van der Waals surface area contributed by atoms with E-state index in [4.69, 9.17) is 14.2 Å². The van der Waals surface area contributed by atoms with E-state index in [-0.39, 0.29) is 5.91 Å². The average molecular weight is 315 g/mol. The number of aryl methyl sites for hydroxylation is 1. The first-order valence-electron chi connectivity index (χ1n) is 7.33. The van der Waals surface area contributed by atoms with Crippen LogP contribution >= 0.6 is 0 Å². The number of benzene rings is 2. The Labute approximate surface area is 136 Å². The van der Waals surface area contributed by atoms with Crippen molar-refractivity contribution in [1.29, 1.82) is 0 Å². The van der Waals surface area contributed by atoms with E-state index in [1.165, 1.54) is 12.7 Å². The number of nitrogens with one attached hydrogen (secondary N) is 1. The van der Waals surface area contributed by atoms with Gasteiger partial charge in [-0.2, -0.15) is 0 Å². The summed E-state index contributed by atoms with van der Waals surface area (Å²) >= 11 is 0. The third-order valence-electron chi connectivity index (χ3n) is 3.33. The van der Waals surface area contributed by atoms with Crippen LogP contribution in [0.2, 0.25) is 0 Å². The molecule has 0 atom stereocenters. The molecule has 0 fully saturated rings. The largest absolute Gasteiger partial charge is 0.497 e. The topological polar surface area (TPSA) is 56.8 Å². The maximum absolute atomic E-state index is 12.2. The highest BCUT2D eigenvalue weighted by Gasteiger charge is 2.12. The quantitative estimate of drug-likeness (QED) is 0.798. The van der Waals surface area contributed by atoms with E-state index >= 15 is 0 Å². The predicted molar refractivity (Wildman–Crippen MR) is 88.6 cm³/mol. The van der Waals surface area contributed by atoms with Gasteiger partial charge in [-0.3, -0.25) is 4.79 Å². The van der Waals surface area contributed by atoms with Gasteiger partial charge < -0.3 is 19.5 Å². The summed E-state index contributed by atoms with van der Waals surface area (Å²) in [6.07, 6.45) is 0. The van der Waals surface area contributed by atoms with Crippen molar-refractivity contribution in [3.63, 3.8) is 0 Å². The van der Waals surface area contributed by atoms with Gasteiger partial charge in [-0.05, 0) is 31.2 Å². The van der Waals surface area contributed by atoms with Gasteiger partial charge in [0, 0.05) is 6.07 Å². The van der Waals surface area contributed by atoms with Crippen LogP contribution in [0.1, 0.15) is 15.9 Å². The van der Waals surface area contributed by atoms with Crippen molar-refractivity contribution in [3.8, 4) is 17.2 Å². The minimum Gasteiger partial charge on any atom is -0.497 e. The van der Waals surface area contributed by atoms with E-state index in [9.17, 15) is 4.79 Å². The lowest BCUT2D eigenvalue weighted by Gasteiger charge is -2.11. The van der Waals surface area contributed by atoms with Crippen LogP contribution in [0.5, 0.6) is 17.2 Å². The number of hydrogen-bond acceptors (Lipinski definition) is 4. The van der Waals surface area contributed by atoms with E-state index in [0.29, 0.717) is 30.2 Å². The van der Waals surface area contributed by atoms with Crippen molar-refractivity contribution in [2.75, 3.05) is 27.4 Å². The molecule has 0 aliphatic heterocycles. The number of ether oxygens (including phenoxy) is 3. The van der Waals surface area contributed by atoms with Crippen molar-refractivity contribution in [2.45, 2.75) is 6.92 Å². The first-order chi connectivity index (χ1) is 11.1. The van der Waals surface area contributed by atoms with Crippen molar-refractivity contribution in [1.82, 2.24) is 5.32 Å². The minimum atomic E-state index is -0.211. The summed E-state index contributed by atoms with van der Waals surface area (Å²) in [4.78, 5) is 12.2. The summed E-state index contributed by atoms with van der Waals surface area (Å²) < 4.78 is 15.9. The molecular formula is C18H21NO4. The summed E-state index contributed by atoms with van der Waals surface area (Å²) in [5.41, 5.74) is 1.64. The first-order valence-corrected chi connectivity index (χ1v) is 7.33. The van der Waals surface area contributed by atoms with E-state index in [0.717, 1.165) is 5.75 Å². The maximum atomic E-state index is 12.2. The number of carbonyl (C=O) groups excluding carboxylic acids is 1. The molecule has 0 heterocycles. The van der Waals surface area contributed by atoms with Gasteiger partial charge in [0.05, 0.1) is 26.3 Å². The van der Waals surface area contributed by atoms with E-state index in [2.05, 4.69) is 5.32 Å². The van der Waals surface area contributed by atoms with Gasteiger partial charge in [0.1, 0.15) is 23.9 Å². The van der Waals surface area contributed by atoms with Gasteiger partial charge in [0.15, 0.2) is 0 Å². The van der Waals surface area contributed by atoms with Crippen molar-refractivity contribution in [2.24, 2.45) is 0 Å². The monoisotopic (exact) mass is 315 g/mol. The number of carbonyl (C=O) groups is 1. The fourth-order valence-electron chi connectivity index (χ4n) is 2.05. The fourth-order valence-corrected chi connectivity index (χ4v) is 2.05. The molecule has 122 valence electrons. The Morgan fingerprint density at radius 3 is 2.35 bits per heavy atom. The van der Waals surface area contributed by atoms with Gasteiger partial charge in [-0.1, -0.05) is 17.7 Å². The number of amides is 1. The van der Waals surface area contributed by atoms with Gasteiger partial charge >= 0.3 is 0 Å². The Morgan fingerprint density at radius 2 is 1.70 bits per heavy atom. The zero-order valence-corrected chi connectivity index (χ0v) is 13.6. The maximum Gasteiger partial charge on any atom is 0.255 e. The zero-order valence-electron chi connectivity index (χ0n) is 13.6. The predicted octanol–water partition coefficient (Wildman–Crippen LogP) is 2.82. The smallest absolute Gasteiger partial charge is 0.255 e. The third kappa shape index (κ3) is 4.64. The molecular weight excluding hydrogens is 294 g/mol. The fraction of sp³-hybridized carbons (Fsp3) is 0.278. The summed E-state index contributed by atoms with van der Waals surface area (Å²) in [7, 11) is 3.09. The van der Waals surface area contributed by atoms with Crippen LogP contribution in [0, 0.1) is 6.92 Å². The molecule has 0 bridgehead atoms. The van der Waals surface area contributed by atoms with Crippen molar-refractivity contribution in [3.05, 3.63) is 53.6 Å². The van der Waals surface area contributed by atoms with E-state index in [1.807, 2.05) is 31.2 Å². The molecule has 0 aromatic heterocycles. The number of rotatable bonds is 7. The molecule has 5 nitrogen and oxygen atoms in total. The second-order valence-electron chi connectivity index (χ2n) is 4.98. The molecule has 23 heavy (non-hydrogen) atoms. The number of hydrogen-bond donors (Lipinski definition) is 1. The SMILES string of the molecule is COc1ccc(C(=O)NCCOc2ccc(C)cc2)c(OC)c1. The molecule has 5 heteroatoms. The highest BCUT2D eigenvalue weighted by molar-refractivity contribution is 5.97. The first kappa shape index (κ1) is 16.7.